The van der Waals surface area contributed by atoms with Crippen LogP contribution in [0, 0.1) is 17.3 Å². The Hall–Kier alpha value is -1.26. The third kappa shape index (κ3) is 6.52. The van der Waals surface area contributed by atoms with Crippen molar-refractivity contribution >= 4 is 18.3 Å². The number of benzene rings is 1. The standard InChI is InChI=1S/C20H32N2O2.ClH/c1-15(17-12-21-13-17)19(23)22(14-20(2,3)4)11-10-16-6-8-18(24-5)9-7-16;/h6-9,15,17,21H,10-14H2,1-5H3;1H. The Balaban J connectivity index is 0.00000312. The molecule has 0 aliphatic carbocycles. The van der Waals surface area contributed by atoms with E-state index in [1.54, 1.807) is 7.11 Å². The average molecular weight is 369 g/mol. The topological polar surface area (TPSA) is 41.6 Å². The summed E-state index contributed by atoms with van der Waals surface area (Å²) in [5.41, 5.74) is 1.34. The maximum atomic E-state index is 13.0. The summed E-state index contributed by atoms with van der Waals surface area (Å²) >= 11 is 0. The molecule has 5 heteroatoms. The van der Waals surface area contributed by atoms with Crippen LogP contribution >= 0.6 is 12.4 Å². The van der Waals surface area contributed by atoms with Gasteiger partial charge in [0.05, 0.1) is 7.11 Å². The molecule has 4 nitrogen and oxygen atoms in total. The Bertz CT molecular complexity index is 536. The van der Waals surface area contributed by atoms with Crippen molar-refractivity contribution in [2.75, 3.05) is 33.3 Å². The molecule has 0 saturated carbocycles. The number of carbonyl (C=O) groups is 1. The normalized spacial score (nSPS) is 15.7. The lowest BCUT2D eigenvalue weighted by Crippen LogP contribution is -2.51. The highest BCUT2D eigenvalue weighted by atomic mass is 35.5. The van der Waals surface area contributed by atoms with Gasteiger partial charge in [0.25, 0.3) is 0 Å². The van der Waals surface area contributed by atoms with Gasteiger partial charge in [0.1, 0.15) is 5.75 Å². The Morgan fingerprint density at radius 2 is 1.88 bits per heavy atom. The zero-order valence-electron chi connectivity index (χ0n) is 16.2. The summed E-state index contributed by atoms with van der Waals surface area (Å²) in [5.74, 6) is 1.75. The van der Waals surface area contributed by atoms with Crippen LogP contribution in [0.2, 0.25) is 0 Å². The first-order chi connectivity index (χ1) is 11.3. The fraction of sp³-hybridized carbons (Fsp3) is 0.650. The molecule has 2 rings (SSSR count). The van der Waals surface area contributed by atoms with E-state index in [0.717, 1.165) is 38.3 Å². The zero-order valence-corrected chi connectivity index (χ0v) is 17.0. The molecule has 1 unspecified atom stereocenters. The highest BCUT2D eigenvalue weighted by Gasteiger charge is 2.32. The molecule has 1 aromatic rings. The van der Waals surface area contributed by atoms with E-state index < -0.39 is 0 Å². The van der Waals surface area contributed by atoms with Crippen LogP contribution in [0.4, 0.5) is 0 Å². The molecule has 1 N–H and O–H groups in total. The van der Waals surface area contributed by atoms with E-state index in [-0.39, 0.29) is 23.7 Å². The van der Waals surface area contributed by atoms with Crippen molar-refractivity contribution in [3.63, 3.8) is 0 Å². The van der Waals surface area contributed by atoms with Crippen molar-refractivity contribution in [2.24, 2.45) is 17.3 Å². The SMILES string of the molecule is COc1ccc(CCN(CC(C)(C)C)C(=O)C(C)C2CNC2)cc1.Cl. The Labute approximate surface area is 158 Å². The van der Waals surface area contributed by atoms with Crippen LogP contribution in [-0.4, -0.2) is 44.1 Å². The van der Waals surface area contributed by atoms with Crippen LogP contribution in [0.1, 0.15) is 33.3 Å². The molecular formula is C20H33ClN2O2. The maximum absolute atomic E-state index is 13.0. The molecule has 0 radical (unpaired) electrons. The molecule has 0 aromatic heterocycles. The second-order valence-corrected chi connectivity index (χ2v) is 8.13. The van der Waals surface area contributed by atoms with Gasteiger partial charge in [0.2, 0.25) is 5.91 Å². The van der Waals surface area contributed by atoms with Gasteiger partial charge in [-0.2, -0.15) is 0 Å². The molecule has 1 fully saturated rings. The molecule has 1 saturated heterocycles. The van der Waals surface area contributed by atoms with Crippen LogP contribution in [-0.2, 0) is 11.2 Å². The molecule has 1 atom stereocenters. The Morgan fingerprint density at radius 3 is 2.32 bits per heavy atom. The van der Waals surface area contributed by atoms with E-state index in [0.29, 0.717) is 11.8 Å². The highest BCUT2D eigenvalue weighted by molar-refractivity contribution is 5.85. The molecule has 0 bridgehead atoms. The maximum Gasteiger partial charge on any atom is 0.225 e. The number of hydrogen-bond acceptors (Lipinski definition) is 3. The van der Waals surface area contributed by atoms with Gasteiger partial charge in [-0.1, -0.05) is 39.8 Å². The van der Waals surface area contributed by atoms with E-state index in [1.165, 1.54) is 5.56 Å². The fourth-order valence-corrected chi connectivity index (χ4v) is 3.05. The van der Waals surface area contributed by atoms with Gasteiger partial charge in [0, 0.05) is 19.0 Å². The van der Waals surface area contributed by atoms with E-state index in [2.05, 4.69) is 50.0 Å². The van der Waals surface area contributed by atoms with Crippen molar-refractivity contribution in [3.05, 3.63) is 29.8 Å². The van der Waals surface area contributed by atoms with E-state index >= 15 is 0 Å². The third-order valence-electron chi connectivity index (χ3n) is 4.72. The van der Waals surface area contributed by atoms with Crippen molar-refractivity contribution in [1.29, 1.82) is 0 Å². The summed E-state index contributed by atoms with van der Waals surface area (Å²) in [4.78, 5) is 15.0. The summed E-state index contributed by atoms with van der Waals surface area (Å²) in [5, 5.41) is 3.27. The van der Waals surface area contributed by atoms with E-state index in [9.17, 15) is 4.79 Å². The molecule has 1 aliphatic heterocycles. The van der Waals surface area contributed by atoms with Crippen LogP contribution in [0.5, 0.6) is 5.75 Å². The molecule has 0 spiro atoms. The minimum atomic E-state index is 0. The first kappa shape index (κ1) is 21.8. The van der Waals surface area contributed by atoms with Gasteiger partial charge >= 0.3 is 0 Å². The number of hydrogen-bond donors (Lipinski definition) is 1. The number of ether oxygens (including phenoxy) is 1. The van der Waals surface area contributed by atoms with Gasteiger partial charge in [-0.05, 0) is 48.5 Å². The van der Waals surface area contributed by atoms with Gasteiger partial charge in [-0.15, -0.1) is 12.4 Å². The monoisotopic (exact) mass is 368 g/mol. The van der Waals surface area contributed by atoms with Crippen LogP contribution in [0.25, 0.3) is 0 Å². The minimum Gasteiger partial charge on any atom is -0.497 e. The second-order valence-electron chi connectivity index (χ2n) is 8.13. The summed E-state index contributed by atoms with van der Waals surface area (Å²) in [7, 11) is 1.68. The van der Waals surface area contributed by atoms with Gasteiger partial charge in [-0.3, -0.25) is 4.79 Å². The van der Waals surface area contributed by atoms with Crippen LogP contribution in [0.15, 0.2) is 24.3 Å². The largest absolute Gasteiger partial charge is 0.497 e. The lowest BCUT2D eigenvalue weighted by atomic mass is 9.87. The predicted molar refractivity (Wildman–Crippen MR) is 106 cm³/mol. The number of rotatable bonds is 7. The van der Waals surface area contributed by atoms with Crippen molar-refractivity contribution in [2.45, 2.75) is 34.1 Å². The quantitative estimate of drug-likeness (QED) is 0.802. The minimum absolute atomic E-state index is 0. The molecule has 1 amide bonds. The number of halogens is 1. The molecule has 25 heavy (non-hydrogen) atoms. The zero-order chi connectivity index (χ0) is 17.7. The summed E-state index contributed by atoms with van der Waals surface area (Å²) in [6, 6.07) is 8.12. The summed E-state index contributed by atoms with van der Waals surface area (Å²) < 4.78 is 5.20. The third-order valence-corrected chi connectivity index (χ3v) is 4.72. The van der Waals surface area contributed by atoms with E-state index in [1.807, 2.05) is 12.1 Å². The number of carbonyl (C=O) groups excluding carboxylic acids is 1. The smallest absolute Gasteiger partial charge is 0.225 e. The molecule has 142 valence electrons. The van der Waals surface area contributed by atoms with Crippen molar-refractivity contribution < 1.29 is 9.53 Å². The average Bonchev–Trinajstić information content (AvgIpc) is 2.48. The lowest BCUT2D eigenvalue weighted by molar-refractivity contribution is -0.138. The first-order valence-corrected chi connectivity index (χ1v) is 8.92. The van der Waals surface area contributed by atoms with Gasteiger partial charge < -0.3 is 15.0 Å². The van der Waals surface area contributed by atoms with Gasteiger partial charge in [0.15, 0.2) is 0 Å². The van der Waals surface area contributed by atoms with Gasteiger partial charge in [-0.25, -0.2) is 0 Å². The summed E-state index contributed by atoms with van der Waals surface area (Å²) in [6.45, 7) is 12.2. The highest BCUT2D eigenvalue weighted by Crippen LogP contribution is 2.22. The fourth-order valence-electron chi connectivity index (χ4n) is 3.05. The Morgan fingerprint density at radius 1 is 1.28 bits per heavy atom. The number of amides is 1. The Kier molecular flexibility index (Phi) is 8.23. The molecular weight excluding hydrogens is 336 g/mol. The van der Waals surface area contributed by atoms with E-state index in [4.69, 9.17) is 4.74 Å². The van der Waals surface area contributed by atoms with Crippen LogP contribution < -0.4 is 10.1 Å². The molecule has 1 aliphatic rings. The first-order valence-electron chi connectivity index (χ1n) is 8.92. The number of methoxy groups -OCH3 is 1. The summed E-state index contributed by atoms with van der Waals surface area (Å²) in [6.07, 6.45) is 0.876. The molecule has 1 heterocycles. The van der Waals surface area contributed by atoms with Crippen molar-refractivity contribution in [1.82, 2.24) is 10.2 Å². The lowest BCUT2D eigenvalue weighted by Gasteiger charge is -2.37. The molecule has 1 aromatic carbocycles. The number of nitrogens with zero attached hydrogens (tertiary/aromatic N) is 1. The number of nitrogens with one attached hydrogen (secondary N) is 1. The predicted octanol–water partition coefficient (Wildman–Crippen LogP) is 3.39. The van der Waals surface area contributed by atoms with Crippen LogP contribution in [0.3, 0.4) is 0 Å². The van der Waals surface area contributed by atoms with Crippen molar-refractivity contribution in [3.8, 4) is 5.75 Å². The second kappa shape index (κ2) is 9.44.